The van der Waals surface area contributed by atoms with Crippen molar-refractivity contribution in [3.8, 4) is 11.5 Å². The molecule has 0 saturated carbocycles. The zero-order chi connectivity index (χ0) is 22.1. The van der Waals surface area contributed by atoms with Crippen LogP contribution in [0.25, 0.3) is 0 Å². The Labute approximate surface area is 180 Å². The molecule has 7 heteroatoms. The molecule has 1 aromatic carbocycles. The van der Waals surface area contributed by atoms with Gasteiger partial charge in [-0.1, -0.05) is 0 Å². The van der Waals surface area contributed by atoms with Gasteiger partial charge in [0.15, 0.2) is 0 Å². The Kier molecular flexibility index (Phi) is 6.13. The molecule has 0 spiro atoms. The van der Waals surface area contributed by atoms with Gasteiger partial charge in [-0.3, -0.25) is 4.90 Å². The zero-order valence-electron chi connectivity index (χ0n) is 19.5. The fourth-order valence-corrected chi connectivity index (χ4v) is 4.39. The maximum absolute atomic E-state index is 5.35. The quantitative estimate of drug-likeness (QED) is 0.716. The lowest BCUT2D eigenvalue weighted by Crippen LogP contribution is -2.61. The SMILES string of the molecule is COc1cc(Nc2nc(C)cc(NC3CC(C)(C)N(C)C(C)(C)C3)n2)cc(OC)c1. The predicted molar refractivity (Wildman–Crippen MR) is 122 cm³/mol. The number of nitrogens with one attached hydrogen (secondary N) is 2. The van der Waals surface area contributed by atoms with E-state index < -0.39 is 0 Å². The highest BCUT2D eigenvalue weighted by Gasteiger charge is 2.43. The van der Waals surface area contributed by atoms with Crippen molar-refractivity contribution in [1.82, 2.24) is 14.9 Å². The van der Waals surface area contributed by atoms with Crippen LogP contribution in [0.3, 0.4) is 0 Å². The first kappa shape index (κ1) is 22.2. The van der Waals surface area contributed by atoms with E-state index in [2.05, 4.69) is 55.3 Å². The van der Waals surface area contributed by atoms with E-state index in [0.29, 0.717) is 23.5 Å². The Hall–Kier alpha value is -2.54. The summed E-state index contributed by atoms with van der Waals surface area (Å²) < 4.78 is 10.7. The highest BCUT2D eigenvalue weighted by Crippen LogP contribution is 2.38. The van der Waals surface area contributed by atoms with Crippen LogP contribution in [0.4, 0.5) is 17.5 Å². The van der Waals surface area contributed by atoms with Crippen LogP contribution in [0, 0.1) is 6.92 Å². The molecular weight excluding hydrogens is 378 g/mol. The average Bonchev–Trinajstić information content (AvgIpc) is 2.64. The second-order valence-corrected chi connectivity index (χ2v) is 9.38. The number of likely N-dealkylation sites (tertiary alicyclic amines) is 1. The van der Waals surface area contributed by atoms with Gasteiger partial charge in [0.2, 0.25) is 5.95 Å². The molecule has 1 fully saturated rings. The third-order valence-corrected chi connectivity index (χ3v) is 6.12. The molecular formula is C23H35N5O2. The van der Waals surface area contributed by atoms with Gasteiger partial charge < -0.3 is 20.1 Å². The van der Waals surface area contributed by atoms with Gasteiger partial charge in [-0.05, 0) is 54.5 Å². The maximum Gasteiger partial charge on any atom is 0.229 e. The van der Waals surface area contributed by atoms with Gasteiger partial charge in [0, 0.05) is 52.8 Å². The lowest BCUT2D eigenvalue weighted by molar-refractivity contribution is -0.00772. The van der Waals surface area contributed by atoms with Gasteiger partial charge >= 0.3 is 0 Å². The summed E-state index contributed by atoms with van der Waals surface area (Å²) in [7, 11) is 5.48. The molecule has 7 nitrogen and oxygen atoms in total. The van der Waals surface area contributed by atoms with Crippen LogP contribution in [0.1, 0.15) is 46.2 Å². The Morgan fingerprint density at radius 1 is 0.933 bits per heavy atom. The number of hydrogen-bond donors (Lipinski definition) is 2. The van der Waals surface area contributed by atoms with Crippen molar-refractivity contribution >= 4 is 17.5 Å². The van der Waals surface area contributed by atoms with Crippen LogP contribution in [0.15, 0.2) is 24.3 Å². The second-order valence-electron chi connectivity index (χ2n) is 9.38. The largest absolute Gasteiger partial charge is 0.497 e. The number of rotatable bonds is 6. The number of nitrogens with zero attached hydrogens (tertiary/aromatic N) is 3. The van der Waals surface area contributed by atoms with Gasteiger partial charge in [0.25, 0.3) is 0 Å². The summed E-state index contributed by atoms with van der Waals surface area (Å²) in [5.41, 5.74) is 1.93. The van der Waals surface area contributed by atoms with Crippen molar-refractivity contribution in [1.29, 1.82) is 0 Å². The topological polar surface area (TPSA) is 71.5 Å². The van der Waals surface area contributed by atoms with Crippen LogP contribution in [0.2, 0.25) is 0 Å². The van der Waals surface area contributed by atoms with E-state index in [1.54, 1.807) is 14.2 Å². The molecule has 2 N–H and O–H groups in total. The summed E-state index contributed by atoms with van der Waals surface area (Å²) in [4.78, 5) is 11.7. The van der Waals surface area contributed by atoms with Gasteiger partial charge in [-0.15, -0.1) is 0 Å². The van der Waals surface area contributed by atoms with Crippen molar-refractivity contribution in [2.75, 3.05) is 31.9 Å². The predicted octanol–water partition coefficient (Wildman–Crippen LogP) is 4.61. The van der Waals surface area contributed by atoms with E-state index in [1.165, 1.54) is 0 Å². The van der Waals surface area contributed by atoms with E-state index in [9.17, 15) is 0 Å². The Balaban J connectivity index is 1.81. The summed E-state index contributed by atoms with van der Waals surface area (Å²) in [6.45, 7) is 11.2. The minimum Gasteiger partial charge on any atom is -0.497 e. The van der Waals surface area contributed by atoms with Crippen LogP contribution in [0.5, 0.6) is 11.5 Å². The molecule has 0 amide bonds. The van der Waals surface area contributed by atoms with Crippen molar-refractivity contribution < 1.29 is 9.47 Å². The third kappa shape index (κ3) is 4.95. The number of benzene rings is 1. The third-order valence-electron chi connectivity index (χ3n) is 6.12. The molecule has 30 heavy (non-hydrogen) atoms. The number of anilines is 3. The highest BCUT2D eigenvalue weighted by atomic mass is 16.5. The van der Waals surface area contributed by atoms with E-state index >= 15 is 0 Å². The van der Waals surface area contributed by atoms with Crippen LogP contribution in [-0.4, -0.2) is 53.3 Å². The maximum atomic E-state index is 5.35. The van der Waals surface area contributed by atoms with Crippen LogP contribution < -0.4 is 20.1 Å². The zero-order valence-corrected chi connectivity index (χ0v) is 19.5. The molecule has 1 aliphatic rings. The molecule has 0 radical (unpaired) electrons. The molecule has 0 aliphatic carbocycles. The molecule has 2 aromatic rings. The number of piperidine rings is 1. The normalized spacial score (nSPS) is 18.7. The summed E-state index contributed by atoms with van der Waals surface area (Å²) in [5.74, 6) is 2.79. The number of aromatic nitrogens is 2. The minimum absolute atomic E-state index is 0.111. The number of aryl methyl sites for hydroxylation is 1. The standard InChI is InChI=1S/C23H35N5O2/c1-15-9-20(25-17-13-22(2,3)28(6)23(4,5)14-17)27-21(24-15)26-16-10-18(29-7)12-19(11-16)30-8/h9-12,17H,13-14H2,1-8H3,(H2,24,25,26,27). The molecule has 1 aliphatic heterocycles. The smallest absolute Gasteiger partial charge is 0.229 e. The number of methoxy groups -OCH3 is 2. The van der Waals surface area contributed by atoms with Crippen molar-refractivity contribution in [3.63, 3.8) is 0 Å². The number of ether oxygens (including phenoxy) is 2. The second kappa shape index (κ2) is 8.30. The molecule has 2 heterocycles. The monoisotopic (exact) mass is 413 g/mol. The Bertz CT molecular complexity index is 857. The van der Waals surface area contributed by atoms with Gasteiger partial charge in [-0.2, -0.15) is 4.98 Å². The van der Waals surface area contributed by atoms with Gasteiger partial charge in [-0.25, -0.2) is 4.98 Å². The first-order valence-corrected chi connectivity index (χ1v) is 10.4. The molecule has 3 rings (SSSR count). The van der Waals surface area contributed by atoms with Crippen molar-refractivity contribution in [3.05, 3.63) is 30.0 Å². The molecule has 0 atom stereocenters. The van der Waals surface area contributed by atoms with E-state index in [4.69, 9.17) is 14.5 Å². The molecule has 1 saturated heterocycles. The summed E-state index contributed by atoms with van der Waals surface area (Å²) >= 11 is 0. The van der Waals surface area contributed by atoms with Crippen molar-refractivity contribution in [2.45, 2.75) is 64.6 Å². The Morgan fingerprint density at radius 2 is 1.50 bits per heavy atom. The lowest BCUT2D eigenvalue weighted by Gasteiger charge is -2.53. The first-order valence-electron chi connectivity index (χ1n) is 10.4. The fraction of sp³-hybridized carbons (Fsp3) is 0.565. The summed E-state index contributed by atoms with van der Waals surface area (Å²) in [6.07, 6.45) is 2.09. The summed E-state index contributed by atoms with van der Waals surface area (Å²) in [5, 5.41) is 6.94. The molecule has 164 valence electrons. The first-order chi connectivity index (χ1) is 14.0. The lowest BCUT2D eigenvalue weighted by atomic mass is 9.77. The van der Waals surface area contributed by atoms with Crippen LogP contribution >= 0.6 is 0 Å². The summed E-state index contributed by atoms with van der Waals surface area (Å²) in [6, 6.07) is 7.95. The van der Waals surface area contributed by atoms with Crippen LogP contribution in [-0.2, 0) is 0 Å². The van der Waals surface area contributed by atoms with Gasteiger partial charge in [0.05, 0.1) is 14.2 Å². The van der Waals surface area contributed by atoms with Gasteiger partial charge in [0.1, 0.15) is 17.3 Å². The average molecular weight is 414 g/mol. The minimum atomic E-state index is 0.111. The van der Waals surface area contributed by atoms with E-state index in [-0.39, 0.29) is 11.1 Å². The fourth-order valence-electron chi connectivity index (χ4n) is 4.39. The Morgan fingerprint density at radius 3 is 2.03 bits per heavy atom. The van der Waals surface area contributed by atoms with E-state index in [0.717, 1.165) is 30.0 Å². The van der Waals surface area contributed by atoms with Crippen molar-refractivity contribution in [2.24, 2.45) is 0 Å². The van der Waals surface area contributed by atoms with E-state index in [1.807, 2.05) is 31.2 Å². The number of hydrogen-bond acceptors (Lipinski definition) is 7. The highest BCUT2D eigenvalue weighted by molar-refractivity contribution is 5.60. The molecule has 0 unspecified atom stereocenters. The molecule has 1 aromatic heterocycles. The molecule has 0 bridgehead atoms.